The molecule has 0 bridgehead atoms. The average molecular weight is 780 g/mol. The van der Waals surface area contributed by atoms with Crippen LogP contribution in [-0.2, 0) is 30.3 Å². The van der Waals surface area contributed by atoms with Crippen LogP contribution in [0.1, 0.15) is 35.7 Å². The van der Waals surface area contributed by atoms with Gasteiger partial charge in [-0.2, -0.15) is 0 Å². The maximum absolute atomic E-state index is 13.1. The molecule has 2 aromatic rings. The minimum atomic E-state index is -1.71. The van der Waals surface area contributed by atoms with Gasteiger partial charge in [0.1, 0.15) is 48.3 Å². The van der Waals surface area contributed by atoms with Crippen LogP contribution in [-0.4, -0.2) is 159 Å². The van der Waals surface area contributed by atoms with Gasteiger partial charge in [-0.3, -0.25) is 23.7 Å². The Labute approximate surface area is 316 Å². The zero-order valence-electron chi connectivity index (χ0n) is 30.6. The van der Waals surface area contributed by atoms with Crippen molar-refractivity contribution in [1.82, 2.24) is 25.8 Å². The van der Waals surface area contributed by atoms with Gasteiger partial charge in [0.2, 0.25) is 23.6 Å². The maximum atomic E-state index is 13.1. The first-order valence-electron chi connectivity index (χ1n) is 17.3. The fourth-order valence-electron chi connectivity index (χ4n) is 6.03. The van der Waals surface area contributed by atoms with Crippen molar-refractivity contribution in [3.63, 3.8) is 0 Å². The summed E-state index contributed by atoms with van der Waals surface area (Å²) in [5, 5.41) is 89.8. The number of hydrogen-bond donors (Lipinski definition) is 13. The number of aliphatic hydroxyl groups is 5. The van der Waals surface area contributed by atoms with Crippen molar-refractivity contribution >= 4 is 35.3 Å². The molecule has 1 heterocycles. The van der Waals surface area contributed by atoms with E-state index < -0.39 is 111 Å². The molecule has 3 rings (SSSR count). The number of esters is 1. The Morgan fingerprint density at radius 3 is 2.09 bits per heavy atom. The van der Waals surface area contributed by atoms with Gasteiger partial charge < -0.3 is 72.6 Å². The Hall–Kier alpha value is -5.09. The van der Waals surface area contributed by atoms with Crippen molar-refractivity contribution in [3.05, 3.63) is 47.5 Å². The standard InChI is InChI=1S/C35H50N6O14/c1-17(44)31(40-30(50)11-20(45)10-27(47)22(36)16-55-35(54)21-6-4-5-7-26(21)46)34(53)39-24(15-43)33(52)38-23(14-42)32(51)37-19-8-18-9-28(48)29(49)12-25(18)41(2,3)13-19/h4-7,9,12,17,19-20,22-24,27,31,42-45,47H,8,10-11,13-16,36H2,1-3H3,(H6-,37,38,39,40,46,48,49,50,51,52,53,54)/p+1/t17-,19?,20?,22?,23+,24-,27?,31+/m1/s1. The molecule has 0 saturated heterocycles. The number of ether oxygens (including phenoxy) is 1. The number of amides is 4. The highest BCUT2D eigenvalue weighted by atomic mass is 16.5. The van der Waals surface area contributed by atoms with Gasteiger partial charge in [0, 0.05) is 24.5 Å². The first-order chi connectivity index (χ1) is 25.8. The smallest absolute Gasteiger partial charge is 0.341 e. The third-order valence-corrected chi connectivity index (χ3v) is 8.99. The topological polar surface area (TPSA) is 331 Å². The summed E-state index contributed by atoms with van der Waals surface area (Å²) in [5.74, 6) is -5.80. The minimum Gasteiger partial charge on any atom is -0.507 e. The number of nitrogens with zero attached hydrogens (tertiary/aromatic N) is 1. The van der Waals surface area contributed by atoms with Gasteiger partial charge in [0.05, 0.1) is 64.1 Å². The van der Waals surface area contributed by atoms with Crippen LogP contribution in [0.2, 0.25) is 0 Å². The molecule has 0 radical (unpaired) electrons. The molecule has 304 valence electrons. The molecule has 1 aliphatic heterocycles. The predicted octanol–water partition coefficient (Wildman–Crippen LogP) is -4.08. The average Bonchev–Trinajstić information content (AvgIpc) is 3.10. The molecule has 8 atom stereocenters. The lowest BCUT2D eigenvalue weighted by molar-refractivity contribution is -0.136. The predicted molar refractivity (Wildman–Crippen MR) is 193 cm³/mol. The summed E-state index contributed by atoms with van der Waals surface area (Å²) >= 11 is 0. The maximum Gasteiger partial charge on any atom is 0.341 e. The van der Waals surface area contributed by atoms with Crippen LogP contribution in [0.3, 0.4) is 0 Å². The van der Waals surface area contributed by atoms with Gasteiger partial charge >= 0.3 is 5.97 Å². The van der Waals surface area contributed by atoms with Crippen LogP contribution in [0.5, 0.6) is 17.2 Å². The molecular weight excluding hydrogens is 728 g/mol. The zero-order valence-corrected chi connectivity index (χ0v) is 30.6. The summed E-state index contributed by atoms with van der Waals surface area (Å²) < 4.78 is 5.22. The van der Waals surface area contributed by atoms with Crippen molar-refractivity contribution < 1.29 is 69.6 Å². The minimum absolute atomic E-state index is 0.126. The number of quaternary nitrogens is 1. The number of aromatic hydroxyl groups is 3. The molecule has 1 aliphatic rings. The van der Waals surface area contributed by atoms with Crippen LogP contribution in [0.4, 0.5) is 5.69 Å². The van der Waals surface area contributed by atoms with Crippen molar-refractivity contribution in [2.24, 2.45) is 5.73 Å². The van der Waals surface area contributed by atoms with Crippen LogP contribution in [0, 0.1) is 0 Å². The fraction of sp³-hybridized carbons (Fsp3) is 0.514. The van der Waals surface area contributed by atoms with Gasteiger partial charge in [0.15, 0.2) is 11.5 Å². The fourth-order valence-corrected chi connectivity index (χ4v) is 6.03. The molecule has 4 unspecified atom stereocenters. The third kappa shape index (κ3) is 12.2. The first-order valence-corrected chi connectivity index (χ1v) is 17.3. The van der Waals surface area contributed by atoms with E-state index in [0.29, 0.717) is 12.1 Å². The number of aliphatic hydroxyl groups excluding tert-OH is 5. The number of benzene rings is 2. The Bertz CT molecular complexity index is 1690. The zero-order chi connectivity index (χ0) is 41.2. The highest BCUT2D eigenvalue weighted by molar-refractivity contribution is 5.95. The normalized spacial score (nSPS) is 18.5. The van der Waals surface area contributed by atoms with Crippen molar-refractivity contribution in [1.29, 1.82) is 0 Å². The van der Waals surface area contributed by atoms with Crippen molar-refractivity contribution in [2.75, 3.05) is 40.5 Å². The number of fused-ring (bicyclic) bond motifs is 1. The molecule has 55 heavy (non-hydrogen) atoms. The van der Waals surface area contributed by atoms with Crippen LogP contribution in [0.15, 0.2) is 36.4 Å². The summed E-state index contributed by atoms with van der Waals surface area (Å²) in [7, 11) is 3.65. The quantitative estimate of drug-likeness (QED) is 0.0389. The number of carbonyl (C=O) groups excluding carboxylic acids is 5. The Morgan fingerprint density at radius 1 is 0.873 bits per heavy atom. The lowest BCUT2D eigenvalue weighted by Gasteiger charge is -2.39. The Balaban J connectivity index is 1.51. The van der Waals surface area contributed by atoms with E-state index in [-0.39, 0.29) is 33.7 Å². The highest BCUT2D eigenvalue weighted by Crippen LogP contribution is 2.38. The van der Waals surface area contributed by atoms with Crippen LogP contribution < -0.4 is 31.5 Å². The molecule has 0 fully saturated rings. The number of para-hydroxylation sites is 1. The number of carbonyl (C=O) groups is 5. The molecule has 0 aliphatic carbocycles. The van der Waals surface area contributed by atoms with Gasteiger partial charge in [-0.1, -0.05) is 12.1 Å². The second kappa shape index (κ2) is 19.5. The molecule has 20 heteroatoms. The van der Waals surface area contributed by atoms with Gasteiger partial charge in [-0.25, -0.2) is 4.79 Å². The van der Waals surface area contributed by atoms with Crippen LogP contribution >= 0.6 is 0 Å². The lowest BCUT2D eigenvalue weighted by Crippen LogP contribution is -2.62. The molecule has 2 aromatic carbocycles. The highest BCUT2D eigenvalue weighted by Gasteiger charge is 2.37. The molecule has 20 nitrogen and oxygen atoms in total. The Morgan fingerprint density at radius 2 is 1.47 bits per heavy atom. The molecule has 0 aromatic heterocycles. The van der Waals surface area contributed by atoms with E-state index in [2.05, 4.69) is 21.3 Å². The number of phenolic OH excluding ortho intramolecular Hbond substituents is 3. The summed E-state index contributed by atoms with van der Waals surface area (Å²) in [6.07, 6.45) is -5.40. The summed E-state index contributed by atoms with van der Waals surface area (Å²) in [4.78, 5) is 64.0. The third-order valence-electron chi connectivity index (χ3n) is 8.99. The second-order valence-corrected chi connectivity index (χ2v) is 14.0. The Kier molecular flexibility index (Phi) is 15.7. The van der Waals surface area contributed by atoms with Crippen molar-refractivity contribution in [2.45, 2.75) is 74.7 Å². The molecular formula is C35H51N6O14+. The summed E-state index contributed by atoms with van der Waals surface area (Å²) in [6.45, 7) is -0.850. The van der Waals surface area contributed by atoms with Gasteiger partial charge in [-0.15, -0.1) is 0 Å². The van der Waals surface area contributed by atoms with Gasteiger partial charge in [-0.05, 0) is 25.1 Å². The van der Waals surface area contributed by atoms with Crippen LogP contribution in [0.25, 0.3) is 0 Å². The summed E-state index contributed by atoms with van der Waals surface area (Å²) in [6, 6.07) is 1.78. The van der Waals surface area contributed by atoms with E-state index in [4.69, 9.17) is 10.5 Å². The number of likely N-dealkylation sites (N-methyl/N-ethyl adjacent to an activating group) is 1. The number of rotatable bonds is 18. The molecule has 0 spiro atoms. The number of phenols is 3. The largest absolute Gasteiger partial charge is 0.507 e. The van der Waals surface area contributed by atoms with E-state index in [0.717, 1.165) is 12.6 Å². The lowest BCUT2D eigenvalue weighted by atomic mass is 9.95. The molecule has 0 saturated carbocycles. The van der Waals surface area contributed by atoms with E-state index in [1.165, 1.54) is 36.4 Å². The van der Waals surface area contributed by atoms with Crippen molar-refractivity contribution in [3.8, 4) is 17.2 Å². The van der Waals surface area contributed by atoms with E-state index in [9.17, 15) is 64.8 Å². The van der Waals surface area contributed by atoms with E-state index in [1.807, 2.05) is 14.1 Å². The number of nitrogens with two attached hydrogens (primary N) is 1. The SMILES string of the molecule is C[C@@H](O)[C@H](NC(=O)CC(O)CC(O)C(N)COC(=O)c1ccccc1O)C(=O)N[C@H](CO)C(=O)N[C@@H](CO)C(=O)NC1Cc2cc(O)c(O)cc2[N+](C)(C)C1. The second-order valence-electron chi connectivity index (χ2n) is 14.0. The number of hydrogen-bond acceptors (Lipinski definition) is 15. The van der Waals surface area contributed by atoms with Gasteiger partial charge in [0.25, 0.3) is 0 Å². The summed E-state index contributed by atoms with van der Waals surface area (Å²) in [5.41, 5.74) is 7.10. The van der Waals surface area contributed by atoms with E-state index in [1.54, 1.807) is 0 Å². The number of nitrogens with one attached hydrogen (secondary N) is 4. The monoisotopic (exact) mass is 779 g/mol. The first kappa shape index (κ1) is 44.3. The molecule has 14 N–H and O–H groups in total. The molecule has 4 amide bonds. The van der Waals surface area contributed by atoms with E-state index >= 15 is 0 Å².